The standard InChI is InChI=1S/C16H26N2O/c1-5-12-6-7-15(19-4)14(10-12)16(18(2)3)13-8-9-17-11-13/h6-7,10,13,16-17H,5,8-9,11H2,1-4H3. The quantitative estimate of drug-likeness (QED) is 0.882. The first-order valence-electron chi connectivity index (χ1n) is 7.21. The molecule has 1 saturated heterocycles. The van der Waals surface area contributed by atoms with Crippen LogP contribution in [0.15, 0.2) is 18.2 Å². The molecule has 1 aliphatic rings. The first-order chi connectivity index (χ1) is 9.17. The van der Waals surface area contributed by atoms with Crippen LogP contribution in [0.3, 0.4) is 0 Å². The summed E-state index contributed by atoms with van der Waals surface area (Å²) in [4.78, 5) is 2.33. The van der Waals surface area contributed by atoms with Crippen molar-refractivity contribution in [1.29, 1.82) is 0 Å². The fraction of sp³-hybridized carbons (Fsp3) is 0.625. The van der Waals surface area contributed by atoms with E-state index in [2.05, 4.69) is 49.4 Å². The van der Waals surface area contributed by atoms with Crippen molar-refractivity contribution in [3.05, 3.63) is 29.3 Å². The van der Waals surface area contributed by atoms with Crippen LogP contribution in [0.2, 0.25) is 0 Å². The molecule has 0 bridgehead atoms. The first-order valence-corrected chi connectivity index (χ1v) is 7.21. The molecule has 0 radical (unpaired) electrons. The molecule has 0 spiro atoms. The molecule has 3 heteroatoms. The maximum atomic E-state index is 5.59. The van der Waals surface area contributed by atoms with E-state index in [0.717, 1.165) is 25.3 Å². The summed E-state index contributed by atoms with van der Waals surface area (Å²) in [6.45, 7) is 4.43. The van der Waals surface area contributed by atoms with Gasteiger partial charge in [-0.3, -0.25) is 0 Å². The van der Waals surface area contributed by atoms with Gasteiger partial charge in [0, 0.05) is 11.6 Å². The SMILES string of the molecule is CCc1ccc(OC)c(C(C2CCNC2)N(C)C)c1. The second kappa shape index (κ2) is 6.40. The van der Waals surface area contributed by atoms with Crippen molar-refractivity contribution in [2.75, 3.05) is 34.3 Å². The summed E-state index contributed by atoms with van der Waals surface area (Å²) in [5, 5.41) is 3.48. The molecular formula is C16H26N2O. The lowest BCUT2D eigenvalue weighted by Crippen LogP contribution is -2.29. The highest BCUT2D eigenvalue weighted by Crippen LogP contribution is 2.36. The zero-order valence-electron chi connectivity index (χ0n) is 12.6. The van der Waals surface area contributed by atoms with Crippen molar-refractivity contribution in [3.8, 4) is 5.75 Å². The highest BCUT2D eigenvalue weighted by atomic mass is 16.5. The molecule has 1 fully saturated rings. The Morgan fingerprint density at radius 2 is 2.21 bits per heavy atom. The Labute approximate surface area is 116 Å². The third kappa shape index (κ3) is 3.10. The van der Waals surface area contributed by atoms with Gasteiger partial charge in [-0.2, -0.15) is 0 Å². The Hall–Kier alpha value is -1.06. The number of rotatable bonds is 5. The number of methoxy groups -OCH3 is 1. The fourth-order valence-corrected chi connectivity index (χ4v) is 3.14. The molecule has 0 aliphatic carbocycles. The molecule has 19 heavy (non-hydrogen) atoms. The average Bonchev–Trinajstić information content (AvgIpc) is 2.92. The first kappa shape index (κ1) is 14.4. The van der Waals surface area contributed by atoms with E-state index >= 15 is 0 Å². The van der Waals surface area contributed by atoms with Crippen LogP contribution < -0.4 is 10.1 Å². The van der Waals surface area contributed by atoms with Crippen LogP contribution >= 0.6 is 0 Å². The van der Waals surface area contributed by atoms with E-state index < -0.39 is 0 Å². The number of aryl methyl sites for hydroxylation is 1. The van der Waals surface area contributed by atoms with E-state index in [1.54, 1.807) is 7.11 Å². The van der Waals surface area contributed by atoms with Gasteiger partial charge in [0.2, 0.25) is 0 Å². The Morgan fingerprint density at radius 1 is 1.42 bits per heavy atom. The van der Waals surface area contributed by atoms with E-state index in [-0.39, 0.29) is 0 Å². The Kier molecular flexibility index (Phi) is 4.83. The van der Waals surface area contributed by atoms with Crippen LogP contribution in [0.5, 0.6) is 5.75 Å². The van der Waals surface area contributed by atoms with Crippen molar-refractivity contribution >= 4 is 0 Å². The summed E-state index contributed by atoms with van der Waals surface area (Å²) in [5.74, 6) is 1.68. The van der Waals surface area contributed by atoms with Gasteiger partial charge in [0.1, 0.15) is 5.75 Å². The smallest absolute Gasteiger partial charge is 0.123 e. The second-order valence-corrected chi connectivity index (χ2v) is 5.59. The van der Waals surface area contributed by atoms with Crippen molar-refractivity contribution in [2.24, 2.45) is 5.92 Å². The van der Waals surface area contributed by atoms with Gasteiger partial charge >= 0.3 is 0 Å². The number of nitrogens with one attached hydrogen (secondary N) is 1. The van der Waals surface area contributed by atoms with Gasteiger partial charge in [-0.1, -0.05) is 19.1 Å². The zero-order valence-corrected chi connectivity index (χ0v) is 12.6. The van der Waals surface area contributed by atoms with E-state index in [9.17, 15) is 0 Å². The van der Waals surface area contributed by atoms with Crippen molar-refractivity contribution < 1.29 is 4.74 Å². The molecule has 1 heterocycles. The largest absolute Gasteiger partial charge is 0.496 e. The van der Waals surface area contributed by atoms with Crippen LogP contribution in [0.4, 0.5) is 0 Å². The lowest BCUT2D eigenvalue weighted by atomic mass is 9.89. The van der Waals surface area contributed by atoms with Gasteiger partial charge in [0.05, 0.1) is 7.11 Å². The molecule has 1 aromatic carbocycles. The average molecular weight is 262 g/mol. The fourth-order valence-electron chi connectivity index (χ4n) is 3.14. The molecule has 0 saturated carbocycles. The number of benzene rings is 1. The summed E-state index contributed by atoms with van der Waals surface area (Å²) >= 11 is 0. The Bertz CT molecular complexity index is 411. The number of hydrogen-bond acceptors (Lipinski definition) is 3. The predicted molar refractivity (Wildman–Crippen MR) is 79.8 cm³/mol. The molecule has 2 rings (SSSR count). The van der Waals surface area contributed by atoms with Crippen LogP contribution in [0, 0.1) is 5.92 Å². The van der Waals surface area contributed by atoms with Crippen molar-refractivity contribution in [1.82, 2.24) is 10.2 Å². The number of nitrogens with zero attached hydrogens (tertiary/aromatic N) is 1. The third-order valence-corrected chi connectivity index (χ3v) is 4.12. The maximum Gasteiger partial charge on any atom is 0.123 e. The minimum Gasteiger partial charge on any atom is -0.496 e. The minimum atomic E-state index is 0.427. The molecule has 2 atom stereocenters. The summed E-state index contributed by atoms with van der Waals surface area (Å²) in [6, 6.07) is 7.04. The molecule has 2 unspecified atom stereocenters. The number of hydrogen-bond donors (Lipinski definition) is 1. The molecule has 0 aromatic heterocycles. The van der Waals surface area contributed by atoms with E-state index in [0.29, 0.717) is 12.0 Å². The molecule has 0 amide bonds. The van der Waals surface area contributed by atoms with Gasteiger partial charge in [0.25, 0.3) is 0 Å². The molecule has 1 aliphatic heterocycles. The highest BCUT2D eigenvalue weighted by Gasteiger charge is 2.30. The maximum absolute atomic E-state index is 5.59. The van der Waals surface area contributed by atoms with Crippen LogP contribution in [0.25, 0.3) is 0 Å². The van der Waals surface area contributed by atoms with Gasteiger partial charge in [0.15, 0.2) is 0 Å². The lowest BCUT2D eigenvalue weighted by molar-refractivity contribution is 0.217. The minimum absolute atomic E-state index is 0.427. The topological polar surface area (TPSA) is 24.5 Å². The molecular weight excluding hydrogens is 236 g/mol. The third-order valence-electron chi connectivity index (χ3n) is 4.12. The summed E-state index contributed by atoms with van der Waals surface area (Å²) in [7, 11) is 6.10. The predicted octanol–water partition coefficient (Wildman–Crippen LogP) is 2.47. The summed E-state index contributed by atoms with van der Waals surface area (Å²) in [6.07, 6.45) is 2.31. The van der Waals surface area contributed by atoms with E-state index in [4.69, 9.17) is 4.74 Å². The normalized spacial score (nSPS) is 20.8. The zero-order chi connectivity index (χ0) is 13.8. The number of ether oxygens (including phenoxy) is 1. The monoisotopic (exact) mass is 262 g/mol. The Morgan fingerprint density at radius 3 is 2.74 bits per heavy atom. The molecule has 1 aromatic rings. The van der Waals surface area contributed by atoms with Gasteiger partial charge in [-0.25, -0.2) is 0 Å². The van der Waals surface area contributed by atoms with Crippen molar-refractivity contribution in [3.63, 3.8) is 0 Å². The van der Waals surface area contributed by atoms with Crippen LogP contribution in [-0.2, 0) is 6.42 Å². The van der Waals surface area contributed by atoms with E-state index in [1.165, 1.54) is 17.5 Å². The second-order valence-electron chi connectivity index (χ2n) is 5.59. The van der Waals surface area contributed by atoms with E-state index in [1.807, 2.05) is 0 Å². The van der Waals surface area contributed by atoms with Gasteiger partial charge in [-0.05, 0) is 57.6 Å². The molecule has 1 N–H and O–H groups in total. The van der Waals surface area contributed by atoms with Gasteiger partial charge in [-0.15, -0.1) is 0 Å². The summed E-state index contributed by atoms with van der Waals surface area (Å²) < 4.78 is 5.59. The van der Waals surface area contributed by atoms with Crippen LogP contribution in [0.1, 0.15) is 30.5 Å². The molecule has 3 nitrogen and oxygen atoms in total. The van der Waals surface area contributed by atoms with Gasteiger partial charge < -0.3 is 15.0 Å². The molecule has 106 valence electrons. The lowest BCUT2D eigenvalue weighted by Gasteiger charge is -2.31. The van der Waals surface area contributed by atoms with Crippen molar-refractivity contribution in [2.45, 2.75) is 25.8 Å². The van der Waals surface area contributed by atoms with Crippen LogP contribution in [-0.4, -0.2) is 39.2 Å². The Balaban J connectivity index is 2.38. The summed E-state index contributed by atoms with van der Waals surface area (Å²) in [5.41, 5.74) is 2.72. The highest BCUT2D eigenvalue weighted by molar-refractivity contribution is 5.40.